The molecule has 0 aliphatic rings. The summed E-state index contributed by atoms with van der Waals surface area (Å²) in [6.07, 6.45) is 2.69. The molecule has 0 saturated heterocycles. The SMILES string of the molecule is CCCNC(c1cc(Cl)c(OC)c(OC)c1)c1ccco1. The zero-order valence-electron chi connectivity index (χ0n) is 12.5. The quantitative estimate of drug-likeness (QED) is 0.838. The predicted molar refractivity (Wildman–Crippen MR) is 83.4 cm³/mol. The fourth-order valence-corrected chi connectivity index (χ4v) is 2.53. The third-order valence-electron chi connectivity index (χ3n) is 3.22. The summed E-state index contributed by atoms with van der Waals surface area (Å²) >= 11 is 6.29. The third-order valence-corrected chi connectivity index (χ3v) is 3.50. The molecule has 1 N–H and O–H groups in total. The molecule has 1 atom stereocenters. The van der Waals surface area contributed by atoms with Gasteiger partial charge in [0.05, 0.1) is 31.5 Å². The van der Waals surface area contributed by atoms with Gasteiger partial charge in [0.25, 0.3) is 0 Å². The summed E-state index contributed by atoms with van der Waals surface area (Å²) in [5.41, 5.74) is 0.973. The van der Waals surface area contributed by atoms with E-state index in [1.165, 1.54) is 0 Å². The Labute approximate surface area is 130 Å². The first-order valence-electron chi connectivity index (χ1n) is 6.89. The van der Waals surface area contributed by atoms with Crippen LogP contribution >= 0.6 is 11.6 Å². The van der Waals surface area contributed by atoms with E-state index in [4.69, 9.17) is 25.5 Å². The molecule has 1 heterocycles. The van der Waals surface area contributed by atoms with Crippen LogP contribution in [0.15, 0.2) is 34.9 Å². The van der Waals surface area contributed by atoms with Gasteiger partial charge in [-0.25, -0.2) is 0 Å². The number of furan rings is 1. The van der Waals surface area contributed by atoms with Gasteiger partial charge < -0.3 is 19.2 Å². The first-order chi connectivity index (χ1) is 10.2. The number of rotatable bonds is 7. The second-order valence-electron chi connectivity index (χ2n) is 4.64. The van der Waals surface area contributed by atoms with Gasteiger partial charge in [0.2, 0.25) is 0 Å². The molecule has 0 fully saturated rings. The molecule has 5 heteroatoms. The zero-order chi connectivity index (χ0) is 15.2. The van der Waals surface area contributed by atoms with E-state index < -0.39 is 0 Å². The summed E-state index contributed by atoms with van der Waals surface area (Å²) in [6, 6.07) is 7.53. The van der Waals surface area contributed by atoms with Gasteiger partial charge >= 0.3 is 0 Å². The van der Waals surface area contributed by atoms with Crippen molar-refractivity contribution in [3.63, 3.8) is 0 Å². The maximum absolute atomic E-state index is 6.29. The van der Waals surface area contributed by atoms with Crippen LogP contribution in [-0.4, -0.2) is 20.8 Å². The van der Waals surface area contributed by atoms with Crippen LogP contribution in [0.2, 0.25) is 5.02 Å². The van der Waals surface area contributed by atoms with Crippen LogP contribution in [0.3, 0.4) is 0 Å². The van der Waals surface area contributed by atoms with E-state index in [0.717, 1.165) is 24.3 Å². The van der Waals surface area contributed by atoms with E-state index in [9.17, 15) is 0 Å². The lowest BCUT2D eigenvalue weighted by molar-refractivity contribution is 0.353. The minimum atomic E-state index is -0.0720. The molecular formula is C16H20ClNO3. The summed E-state index contributed by atoms with van der Waals surface area (Å²) in [5.74, 6) is 1.98. The summed E-state index contributed by atoms with van der Waals surface area (Å²) in [4.78, 5) is 0. The van der Waals surface area contributed by atoms with Gasteiger partial charge in [-0.05, 0) is 42.8 Å². The zero-order valence-corrected chi connectivity index (χ0v) is 13.2. The molecule has 0 bridgehead atoms. The van der Waals surface area contributed by atoms with Crippen molar-refractivity contribution in [3.05, 3.63) is 46.9 Å². The molecule has 4 nitrogen and oxygen atoms in total. The first kappa shape index (κ1) is 15.7. The molecule has 0 aliphatic heterocycles. The van der Waals surface area contributed by atoms with Crippen LogP contribution < -0.4 is 14.8 Å². The Kier molecular flexibility index (Phi) is 5.53. The topological polar surface area (TPSA) is 43.6 Å². The average Bonchev–Trinajstić information content (AvgIpc) is 3.01. The van der Waals surface area contributed by atoms with Gasteiger partial charge in [-0.2, -0.15) is 0 Å². The van der Waals surface area contributed by atoms with Crippen molar-refractivity contribution in [3.8, 4) is 11.5 Å². The predicted octanol–water partition coefficient (Wildman–Crippen LogP) is 4.04. The molecule has 2 aromatic rings. The van der Waals surface area contributed by atoms with E-state index in [1.807, 2.05) is 24.3 Å². The number of hydrogen-bond acceptors (Lipinski definition) is 4. The van der Waals surface area contributed by atoms with Crippen LogP contribution in [-0.2, 0) is 0 Å². The lowest BCUT2D eigenvalue weighted by atomic mass is 10.0. The molecule has 2 rings (SSSR count). The van der Waals surface area contributed by atoms with Crippen molar-refractivity contribution in [2.24, 2.45) is 0 Å². The van der Waals surface area contributed by atoms with Gasteiger partial charge in [0.15, 0.2) is 11.5 Å². The van der Waals surface area contributed by atoms with Crippen LogP contribution in [0.1, 0.15) is 30.7 Å². The molecular weight excluding hydrogens is 290 g/mol. The molecule has 0 aliphatic carbocycles. The highest BCUT2D eigenvalue weighted by molar-refractivity contribution is 6.32. The molecule has 1 aromatic carbocycles. The molecule has 21 heavy (non-hydrogen) atoms. The summed E-state index contributed by atoms with van der Waals surface area (Å²) < 4.78 is 16.2. The highest BCUT2D eigenvalue weighted by Gasteiger charge is 2.20. The first-order valence-corrected chi connectivity index (χ1v) is 7.27. The second-order valence-corrected chi connectivity index (χ2v) is 5.05. The van der Waals surface area contributed by atoms with Crippen LogP contribution in [0.5, 0.6) is 11.5 Å². The van der Waals surface area contributed by atoms with Crippen LogP contribution in [0.4, 0.5) is 0 Å². The number of nitrogens with one attached hydrogen (secondary N) is 1. The number of hydrogen-bond donors (Lipinski definition) is 1. The minimum absolute atomic E-state index is 0.0720. The Morgan fingerprint density at radius 2 is 2.10 bits per heavy atom. The molecule has 0 amide bonds. The molecule has 0 saturated carbocycles. The number of benzene rings is 1. The smallest absolute Gasteiger partial charge is 0.179 e. The van der Waals surface area contributed by atoms with Gasteiger partial charge in [-0.1, -0.05) is 18.5 Å². The number of methoxy groups -OCH3 is 2. The highest BCUT2D eigenvalue weighted by Crippen LogP contribution is 2.38. The lowest BCUT2D eigenvalue weighted by Crippen LogP contribution is -2.22. The van der Waals surface area contributed by atoms with Crippen molar-refractivity contribution in [2.75, 3.05) is 20.8 Å². The highest BCUT2D eigenvalue weighted by atomic mass is 35.5. The Bertz CT molecular complexity index is 569. The van der Waals surface area contributed by atoms with Crippen molar-refractivity contribution in [2.45, 2.75) is 19.4 Å². The monoisotopic (exact) mass is 309 g/mol. The van der Waals surface area contributed by atoms with Gasteiger partial charge in [0, 0.05) is 0 Å². The lowest BCUT2D eigenvalue weighted by Gasteiger charge is -2.19. The minimum Gasteiger partial charge on any atom is -0.493 e. The maximum atomic E-state index is 6.29. The molecule has 1 unspecified atom stereocenters. The standard InChI is InChI=1S/C16H20ClNO3/c1-4-7-18-15(13-6-5-8-21-13)11-9-12(17)16(20-3)14(10-11)19-2/h5-6,8-10,15,18H,4,7H2,1-3H3. The summed E-state index contributed by atoms with van der Waals surface area (Å²) in [5, 5.41) is 3.97. The fraction of sp³-hybridized carbons (Fsp3) is 0.375. The average molecular weight is 310 g/mol. The second kappa shape index (κ2) is 7.38. The largest absolute Gasteiger partial charge is 0.493 e. The summed E-state index contributed by atoms with van der Waals surface area (Å²) in [7, 11) is 3.17. The number of ether oxygens (including phenoxy) is 2. The van der Waals surface area contributed by atoms with E-state index in [1.54, 1.807) is 20.5 Å². The van der Waals surface area contributed by atoms with Crippen LogP contribution in [0, 0.1) is 0 Å². The number of halogens is 1. The third kappa shape index (κ3) is 3.52. The summed E-state index contributed by atoms with van der Waals surface area (Å²) in [6.45, 7) is 2.99. The molecule has 1 aromatic heterocycles. The Morgan fingerprint density at radius 1 is 1.29 bits per heavy atom. The van der Waals surface area contributed by atoms with Crippen molar-refractivity contribution in [1.29, 1.82) is 0 Å². The van der Waals surface area contributed by atoms with Crippen molar-refractivity contribution in [1.82, 2.24) is 5.32 Å². The van der Waals surface area contributed by atoms with Gasteiger partial charge in [-0.15, -0.1) is 0 Å². The van der Waals surface area contributed by atoms with E-state index in [0.29, 0.717) is 16.5 Å². The fourth-order valence-electron chi connectivity index (χ4n) is 2.23. The van der Waals surface area contributed by atoms with Gasteiger partial charge in [-0.3, -0.25) is 0 Å². The maximum Gasteiger partial charge on any atom is 0.179 e. The normalized spacial score (nSPS) is 12.2. The van der Waals surface area contributed by atoms with Crippen molar-refractivity contribution < 1.29 is 13.9 Å². The van der Waals surface area contributed by atoms with E-state index in [-0.39, 0.29) is 6.04 Å². The molecule has 0 radical (unpaired) electrons. The Morgan fingerprint density at radius 3 is 2.67 bits per heavy atom. The van der Waals surface area contributed by atoms with Gasteiger partial charge in [0.1, 0.15) is 5.76 Å². The Hall–Kier alpha value is -1.65. The Balaban J connectivity index is 2.42. The van der Waals surface area contributed by atoms with Crippen molar-refractivity contribution >= 4 is 11.6 Å². The van der Waals surface area contributed by atoms with E-state index in [2.05, 4.69) is 12.2 Å². The molecule has 0 spiro atoms. The van der Waals surface area contributed by atoms with E-state index >= 15 is 0 Å². The molecule has 114 valence electrons. The van der Waals surface area contributed by atoms with Crippen LogP contribution in [0.25, 0.3) is 0 Å².